The molecule has 0 unspecified atom stereocenters. The number of benzene rings is 1. The van der Waals surface area contributed by atoms with Crippen LogP contribution < -0.4 is 10.7 Å². The van der Waals surface area contributed by atoms with Crippen molar-refractivity contribution in [3.8, 4) is 0 Å². The molecule has 1 heterocycles. The predicted molar refractivity (Wildman–Crippen MR) is 85.3 cm³/mol. The van der Waals surface area contributed by atoms with Crippen molar-refractivity contribution >= 4 is 32.9 Å². The minimum Gasteiger partial charge on any atom is -0.444 e. The van der Waals surface area contributed by atoms with Crippen LogP contribution in [-0.2, 0) is 11.3 Å². The van der Waals surface area contributed by atoms with Gasteiger partial charge in [0.05, 0.1) is 6.54 Å². The number of hydrogen-bond acceptors (Lipinski definition) is 3. The average Bonchev–Trinajstić information content (AvgIpc) is 2.35. The molecule has 2 N–H and O–H groups in total. The molecule has 5 nitrogen and oxygen atoms in total. The highest BCUT2D eigenvalue weighted by atomic mass is 79.9. The Morgan fingerprint density at radius 1 is 1.33 bits per heavy atom. The molecule has 2 aromatic rings. The molecule has 112 valence electrons. The van der Waals surface area contributed by atoms with Crippen molar-refractivity contribution in [1.82, 2.24) is 10.3 Å². The van der Waals surface area contributed by atoms with Crippen molar-refractivity contribution in [2.24, 2.45) is 0 Å². The van der Waals surface area contributed by atoms with E-state index in [9.17, 15) is 9.59 Å². The lowest BCUT2D eigenvalue weighted by Crippen LogP contribution is -2.32. The number of carbonyl (C=O) groups excluding carboxylic acids is 1. The second-order valence-electron chi connectivity index (χ2n) is 5.70. The van der Waals surface area contributed by atoms with E-state index < -0.39 is 11.7 Å². The van der Waals surface area contributed by atoms with Gasteiger partial charge in [-0.2, -0.15) is 0 Å². The molecule has 6 heteroatoms. The molecule has 0 saturated heterocycles. The zero-order valence-corrected chi connectivity index (χ0v) is 13.7. The second kappa shape index (κ2) is 5.89. The summed E-state index contributed by atoms with van der Waals surface area (Å²) in [5.41, 5.74) is 0.714. The molecule has 0 saturated carbocycles. The highest BCUT2D eigenvalue weighted by Crippen LogP contribution is 2.15. The van der Waals surface area contributed by atoms with Gasteiger partial charge in [0.1, 0.15) is 5.60 Å². The van der Waals surface area contributed by atoms with Crippen LogP contribution >= 0.6 is 15.9 Å². The first kappa shape index (κ1) is 15.6. The van der Waals surface area contributed by atoms with Gasteiger partial charge in [-0.15, -0.1) is 0 Å². The summed E-state index contributed by atoms with van der Waals surface area (Å²) in [7, 11) is 0. The smallest absolute Gasteiger partial charge is 0.407 e. The molecular weight excluding hydrogens is 336 g/mol. The number of pyridine rings is 1. The fourth-order valence-electron chi connectivity index (χ4n) is 1.85. The van der Waals surface area contributed by atoms with Gasteiger partial charge in [-0.3, -0.25) is 4.79 Å². The predicted octanol–water partition coefficient (Wildman–Crippen LogP) is 3.32. The van der Waals surface area contributed by atoms with Crippen molar-refractivity contribution in [3.05, 3.63) is 44.7 Å². The number of rotatable bonds is 2. The molecule has 0 aliphatic heterocycles. The zero-order chi connectivity index (χ0) is 15.6. The number of aromatic amines is 1. The molecule has 0 atom stereocenters. The number of alkyl carbamates (subject to hydrolysis) is 1. The Morgan fingerprint density at radius 3 is 2.71 bits per heavy atom. The van der Waals surface area contributed by atoms with Gasteiger partial charge < -0.3 is 15.0 Å². The number of hydrogen-bond donors (Lipinski definition) is 2. The van der Waals surface area contributed by atoms with Crippen molar-refractivity contribution in [2.45, 2.75) is 32.9 Å². The molecule has 0 fully saturated rings. The molecule has 1 aromatic carbocycles. The van der Waals surface area contributed by atoms with E-state index in [4.69, 9.17) is 4.74 Å². The van der Waals surface area contributed by atoms with E-state index in [-0.39, 0.29) is 12.0 Å². The Labute approximate surface area is 130 Å². The van der Waals surface area contributed by atoms with E-state index in [2.05, 4.69) is 26.2 Å². The number of carbonyl (C=O) groups is 1. The summed E-state index contributed by atoms with van der Waals surface area (Å²) in [6, 6.07) is 6.91. The van der Waals surface area contributed by atoms with E-state index in [0.29, 0.717) is 11.1 Å². The fourth-order valence-corrected chi connectivity index (χ4v) is 2.21. The first-order valence-corrected chi connectivity index (χ1v) is 7.32. The van der Waals surface area contributed by atoms with Crippen LogP contribution in [0.3, 0.4) is 0 Å². The zero-order valence-electron chi connectivity index (χ0n) is 12.1. The van der Waals surface area contributed by atoms with Crippen LogP contribution in [0.5, 0.6) is 0 Å². The van der Waals surface area contributed by atoms with Crippen LogP contribution in [0.25, 0.3) is 10.9 Å². The molecule has 0 spiro atoms. The van der Waals surface area contributed by atoms with Crippen LogP contribution in [0.4, 0.5) is 4.79 Å². The second-order valence-corrected chi connectivity index (χ2v) is 6.62. The van der Waals surface area contributed by atoms with Gasteiger partial charge in [-0.05, 0) is 39.0 Å². The number of halogens is 1. The topological polar surface area (TPSA) is 71.2 Å². The lowest BCUT2D eigenvalue weighted by atomic mass is 10.2. The lowest BCUT2D eigenvalue weighted by molar-refractivity contribution is 0.0523. The number of amides is 1. The summed E-state index contributed by atoms with van der Waals surface area (Å²) < 4.78 is 5.99. The first-order valence-electron chi connectivity index (χ1n) is 6.53. The standard InChI is InChI=1S/C15H17BrN2O3/c1-15(2,3)21-14(20)17-8-10-7-13(19)11-6-9(16)4-5-12(11)18-10/h4-7H,8H2,1-3H3,(H,17,20)(H,18,19). The van der Waals surface area contributed by atoms with Gasteiger partial charge >= 0.3 is 6.09 Å². The van der Waals surface area contributed by atoms with Crippen molar-refractivity contribution in [2.75, 3.05) is 0 Å². The highest BCUT2D eigenvalue weighted by molar-refractivity contribution is 9.10. The van der Waals surface area contributed by atoms with Gasteiger partial charge in [0.2, 0.25) is 0 Å². The molecule has 0 radical (unpaired) electrons. The Hall–Kier alpha value is -1.82. The maximum atomic E-state index is 12.0. The van der Waals surface area contributed by atoms with E-state index in [1.165, 1.54) is 6.07 Å². The normalized spacial score (nSPS) is 11.4. The van der Waals surface area contributed by atoms with Crippen LogP contribution in [0.2, 0.25) is 0 Å². The van der Waals surface area contributed by atoms with Gasteiger partial charge in [0.15, 0.2) is 5.43 Å². The third-order valence-electron chi connectivity index (χ3n) is 2.67. The summed E-state index contributed by atoms with van der Waals surface area (Å²) >= 11 is 3.34. The van der Waals surface area contributed by atoms with E-state index in [1.807, 2.05) is 12.1 Å². The molecule has 1 amide bonds. The summed E-state index contributed by atoms with van der Waals surface area (Å²) in [6.45, 7) is 5.59. The van der Waals surface area contributed by atoms with Crippen LogP contribution in [0.15, 0.2) is 33.5 Å². The van der Waals surface area contributed by atoms with Gasteiger partial charge in [0.25, 0.3) is 0 Å². The molecule has 0 aliphatic rings. The lowest BCUT2D eigenvalue weighted by Gasteiger charge is -2.19. The van der Waals surface area contributed by atoms with Gasteiger partial charge in [0, 0.05) is 27.1 Å². The fraction of sp³-hybridized carbons (Fsp3) is 0.333. The third-order valence-corrected chi connectivity index (χ3v) is 3.16. The number of aromatic nitrogens is 1. The summed E-state index contributed by atoms with van der Waals surface area (Å²) in [4.78, 5) is 26.8. The Kier molecular flexibility index (Phi) is 4.37. The Morgan fingerprint density at radius 2 is 2.05 bits per heavy atom. The minimum absolute atomic E-state index is 0.0916. The van der Waals surface area contributed by atoms with Gasteiger partial charge in [-0.1, -0.05) is 15.9 Å². The SMILES string of the molecule is CC(C)(C)OC(=O)NCc1cc(=O)c2cc(Br)ccc2[nH]1. The molecule has 2 rings (SSSR count). The minimum atomic E-state index is -0.548. The monoisotopic (exact) mass is 352 g/mol. The van der Waals surface area contributed by atoms with Crippen molar-refractivity contribution in [1.29, 1.82) is 0 Å². The third kappa shape index (κ3) is 4.32. The summed E-state index contributed by atoms with van der Waals surface area (Å²) in [5.74, 6) is 0. The molecule has 1 aromatic heterocycles. The van der Waals surface area contributed by atoms with Crippen molar-refractivity contribution < 1.29 is 9.53 Å². The molecule has 0 bridgehead atoms. The maximum absolute atomic E-state index is 12.0. The van der Waals surface area contributed by atoms with Crippen LogP contribution in [-0.4, -0.2) is 16.7 Å². The first-order chi connectivity index (χ1) is 9.74. The van der Waals surface area contributed by atoms with Crippen molar-refractivity contribution in [3.63, 3.8) is 0 Å². The summed E-state index contributed by atoms with van der Waals surface area (Å²) in [5, 5.41) is 3.22. The molecule has 0 aliphatic carbocycles. The Bertz CT molecular complexity index is 732. The van der Waals surface area contributed by atoms with E-state index in [1.54, 1.807) is 26.8 Å². The Balaban J connectivity index is 2.15. The number of nitrogens with one attached hydrogen (secondary N) is 2. The molecule has 21 heavy (non-hydrogen) atoms. The van der Waals surface area contributed by atoms with Gasteiger partial charge in [-0.25, -0.2) is 4.79 Å². The summed E-state index contributed by atoms with van der Waals surface area (Å²) in [6.07, 6.45) is -0.515. The molecular formula is C15H17BrN2O3. The maximum Gasteiger partial charge on any atom is 0.407 e. The number of ether oxygens (including phenoxy) is 1. The van der Waals surface area contributed by atoms with E-state index >= 15 is 0 Å². The largest absolute Gasteiger partial charge is 0.444 e. The van der Waals surface area contributed by atoms with E-state index in [0.717, 1.165) is 9.99 Å². The number of H-pyrrole nitrogens is 1. The quantitative estimate of drug-likeness (QED) is 0.870. The average molecular weight is 353 g/mol. The van der Waals surface area contributed by atoms with Crippen LogP contribution in [0, 0.1) is 0 Å². The highest BCUT2D eigenvalue weighted by Gasteiger charge is 2.15. The van der Waals surface area contributed by atoms with Crippen LogP contribution in [0.1, 0.15) is 26.5 Å². The number of fused-ring (bicyclic) bond motifs is 1.